The summed E-state index contributed by atoms with van der Waals surface area (Å²) in [6.07, 6.45) is 6.84. The molecule has 1 fully saturated rings. The molecule has 9 heteroatoms. The lowest BCUT2D eigenvalue weighted by molar-refractivity contribution is 0.0761. The Labute approximate surface area is 160 Å². The Kier molecular flexibility index (Phi) is 5.01. The Balaban J connectivity index is 1.39. The number of benzene rings is 1. The lowest BCUT2D eigenvalue weighted by Crippen LogP contribution is -2.37. The molecule has 8 nitrogen and oxygen atoms in total. The fourth-order valence-corrected chi connectivity index (χ4v) is 3.73. The minimum Gasteiger partial charge on any atom is -0.348 e. The maximum atomic E-state index is 12.8. The third-order valence-electron chi connectivity index (χ3n) is 4.65. The number of hydrogen-bond acceptors (Lipinski definition) is 7. The lowest BCUT2D eigenvalue weighted by atomic mass is 10.1. The van der Waals surface area contributed by atoms with Crippen LogP contribution in [0.2, 0.25) is 0 Å². The van der Waals surface area contributed by atoms with Crippen molar-refractivity contribution in [3.8, 4) is 0 Å². The quantitative estimate of drug-likeness (QED) is 0.742. The molecule has 2 aromatic heterocycles. The third-order valence-corrected chi connectivity index (χ3v) is 5.20. The molecule has 27 heavy (non-hydrogen) atoms. The Hall–Kier alpha value is -2.94. The van der Waals surface area contributed by atoms with Crippen molar-refractivity contribution in [2.75, 3.05) is 13.1 Å². The second-order valence-corrected chi connectivity index (χ2v) is 6.98. The minimum atomic E-state index is -0.227. The van der Waals surface area contributed by atoms with Gasteiger partial charge in [-0.3, -0.25) is 14.6 Å². The molecule has 2 amide bonds. The number of rotatable bonds is 3. The van der Waals surface area contributed by atoms with Gasteiger partial charge in [-0.2, -0.15) is 8.75 Å². The molecule has 3 heterocycles. The summed E-state index contributed by atoms with van der Waals surface area (Å²) in [5.74, 6) is -0.236. The van der Waals surface area contributed by atoms with Gasteiger partial charge in [-0.1, -0.05) is 0 Å². The van der Waals surface area contributed by atoms with Crippen molar-refractivity contribution >= 4 is 34.6 Å². The van der Waals surface area contributed by atoms with E-state index in [1.54, 1.807) is 12.1 Å². The molecule has 1 aromatic carbocycles. The van der Waals surface area contributed by atoms with Crippen molar-refractivity contribution in [3.63, 3.8) is 0 Å². The molecule has 0 aliphatic carbocycles. The monoisotopic (exact) mass is 382 g/mol. The summed E-state index contributed by atoms with van der Waals surface area (Å²) in [6, 6.07) is 5.43. The SMILES string of the molecule is O=C(NC1CCCN(C(=O)c2ccc3nsnc3c2)CC1)c1cnccn1. The normalized spacial score (nSPS) is 17.5. The molecule has 0 bridgehead atoms. The number of amides is 2. The topological polar surface area (TPSA) is 101 Å². The summed E-state index contributed by atoms with van der Waals surface area (Å²) in [5, 5.41) is 3.00. The molecule has 1 atom stereocenters. The van der Waals surface area contributed by atoms with E-state index in [0.717, 1.165) is 35.6 Å². The van der Waals surface area contributed by atoms with E-state index in [9.17, 15) is 9.59 Å². The van der Waals surface area contributed by atoms with Gasteiger partial charge in [-0.15, -0.1) is 0 Å². The first kappa shape index (κ1) is 17.5. The fourth-order valence-electron chi connectivity index (χ4n) is 3.22. The second kappa shape index (κ2) is 7.75. The van der Waals surface area contributed by atoms with Crippen LogP contribution < -0.4 is 5.32 Å². The Morgan fingerprint density at radius 2 is 2.00 bits per heavy atom. The van der Waals surface area contributed by atoms with E-state index >= 15 is 0 Å². The molecule has 1 unspecified atom stereocenters. The van der Waals surface area contributed by atoms with Crippen LogP contribution in [-0.4, -0.2) is 54.6 Å². The van der Waals surface area contributed by atoms with Crippen LogP contribution in [0.5, 0.6) is 0 Å². The smallest absolute Gasteiger partial charge is 0.271 e. The van der Waals surface area contributed by atoms with Gasteiger partial charge < -0.3 is 10.2 Å². The Morgan fingerprint density at radius 1 is 1.11 bits per heavy atom. The molecule has 3 aromatic rings. The summed E-state index contributed by atoms with van der Waals surface area (Å²) in [4.78, 5) is 34.9. The summed E-state index contributed by atoms with van der Waals surface area (Å²) in [7, 11) is 0. The largest absolute Gasteiger partial charge is 0.348 e. The molecule has 1 aliphatic rings. The molecule has 1 aliphatic heterocycles. The Bertz CT molecular complexity index is 961. The van der Waals surface area contributed by atoms with E-state index in [-0.39, 0.29) is 17.9 Å². The van der Waals surface area contributed by atoms with Gasteiger partial charge in [0.2, 0.25) is 0 Å². The van der Waals surface area contributed by atoms with Crippen molar-refractivity contribution < 1.29 is 9.59 Å². The maximum Gasteiger partial charge on any atom is 0.271 e. The van der Waals surface area contributed by atoms with E-state index in [4.69, 9.17) is 0 Å². The highest BCUT2D eigenvalue weighted by molar-refractivity contribution is 7.00. The summed E-state index contributed by atoms with van der Waals surface area (Å²) in [6.45, 7) is 1.27. The van der Waals surface area contributed by atoms with Gasteiger partial charge in [-0.25, -0.2) is 4.98 Å². The predicted octanol–water partition coefficient (Wildman–Crippen LogP) is 1.91. The average Bonchev–Trinajstić information content (AvgIpc) is 3.06. The maximum absolute atomic E-state index is 12.8. The molecule has 0 spiro atoms. The molecule has 1 saturated heterocycles. The van der Waals surface area contributed by atoms with E-state index in [1.165, 1.54) is 18.6 Å². The molecule has 4 rings (SSSR count). The van der Waals surface area contributed by atoms with Crippen LogP contribution >= 0.6 is 11.7 Å². The van der Waals surface area contributed by atoms with Gasteiger partial charge >= 0.3 is 0 Å². The zero-order chi connectivity index (χ0) is 18.6. The average molecular weight is 382 g/mol. The molecule has 1 N–H and O–H groups in total. The van der Waals surface area contributed by atoms with Crippen molar-refractivity contribution in [1.29, 1.82) is 0 Å². The standard InChI is InChI=1S/C18H18N6O2S/c25-17(16-11-19-6-7-20-16)21-13-2-1-8-24(9-5-13)18(26)12-3-4-14-15(10-12)23-27-22-14/h3-4,6-7,10-11,13H,1-2,5,8-9H2,(H,21,25). The van der Waals surface area contributed by atoms with Crippen LogP contribution in [0.1, 0.15) is 40.1 Å². The highest BCUT2D eigenvalue weighted by Gasteiger charge is 2.23. The Morgan fingerprint density at radius 3 is 2.85 bits per heavy atom. The molecule has 138 valence electrons. The summed E-state index contributed by atoms with van der Waals surface area (Å²) < 4.78 is 8.37. The van der Waals surface area contributed by atoms with E-state index < -0.39 is 0 Å². The number of aromatic nitrogens is 4. The van der Waals surface area contributed by atoms with Crippen molar-refractivity contribution in [2.24, 2.45) is 0 Å². The van der Waals surface area contributed by atoms with Crippen LogP contribution in [0.25, 0.3) is 11.0 Å². The van der Waals surface area contributed by atoms with Gasteiger partial charge in [-0.05, 0) is 37.5 Å². The number of nitrogens with zero attached hydrogens (tertiary/aromatic N) is 5. The minimum absolute atomic E-state index is 0.00852. The fraction of sp³-hybridized carbons (Fsp3) is 0.333. The van der Waals surface area contributed by atoms with Crippen molar-refractivity contribution in [2.45, 2.75) is 25.3 Å². The number of fused-ring (bicyclic) bond motifs is 1. The van der Waals surface area contributed by atoms with E-state index in [0.29, 0.717) is 30.8 Å². The highest BCUT2D eigenvalue weighted by atomic mass is 32.1. The van der Waals surface area contributed by atoms with Crippen LogP contribution in [0.3, 0.4) is 0 Å². The van der Waals surface area contributed by atoms with Gasteiger partial charge in [0.05, 0.1) is 17.9 Å². The van der Waals surface area contributed by atoms with Crippen molar-refractivity contribution in [3.05, 3.63) is 48.0 Å². The summed E-state index contributed by atoms with van der Waals surface area (Å²) >= 11 is 1.14. The predicted molar refractivity (Wildman–Crippen MR) is 100 cm³/mol. The van der Waals surface area contributed by atoms with Crippen LogP contribution in [-0.2, 0) is 0 Å². The molecule has 0 saturated carbocycles. The first-order valence-electron chi connectivity index (χ1n) is 8.79. The molecular formula is C18H18N6O2S. The van der Waals surface area contributed by atoms with Gasteiger partial charge in [0.25, 0.3) is 11.8 Å². The number of carbonyl (C=O) groups excluding carboxylic acids is 2. The van der Waals surface area contributed by atoms with Crippen LogP contribution in [0.15, 0.2) is 36.8 Å². The molecular weight excluding hydrogens is 364 g/mol. The zero-order valence-electron chi connectivity index (χ0n) is 14.5. The number of carbonyl (C=O) groups is 2. The van der Waals surface area contributed by atoms with Gasteiger partial charge in [0, 0.05) is 37.1 Å². The highest BCUT2D eigenvalue weighted by Crippen LogP contribution is 2.18. The van der Waals surface area contributed by atoms with Crippen LogP contribution in [0.4, 0.5) is 0 Å². The van der Waals surface area contributed by atoms with E-state index in [1.807, 2.05) is 11.0 Å². The first-order chi connectivity index (χ1) is 13.2. The third kappa shape index (κ3) is 3.92. The van der Waals surface area contributed by atoms with Gasteiger partial charge in [0.1, 0.15) is 16.7 Å². The van der Waals surface area contributed by atoms with Crippen molar-refractivity contribution in [1.82, 2.24) is 28.9 Å². The van der Waals surface area contributed by atoms with E-state index in [2.05, 4.69) is 24.0 Å². The first-order valence-corrected chi connectivity index (χ1v) is 9.52. The zero-order valence-corrected chi connectivity index (χ0v) is 15.4. The summed E-state index contributed by atoms with van der Waals surface area (Å²) in [5.41, 5.74) is 2.48. The van der Waals surface area contributed by atoms with Crippen LogP contribution in [0, 0.1) is 0 Å². The number of hydrogen-bond donors (Lipinski definition) is 1. The van der Waals surface area contributed by atoms with Gasteiger partial charge in [0.15, 0.2) is 0 Å². The molecule has 0 radical (unpaired) electrons. The number of nitrogens with one attached hydrogen (secondary N) is 1. The number of likely N-dealkylation sites (tertiary alicyclic amines) is 1. The lowest BCUT2D eigenvalue weighted by Gasteiger charge is -2.21. The second-order valence-electron chi connectivity index (χ2n) is 6.45.